The SMILES string of the molecule is Cc1ccc(C)c(NS(=O)(=O)c2cc(C(=O)NC3CCCCC3)ccc2C)c1. The summed E-state index contributed by atoms with van der Waals surface area (Å²) in [5, 5.41) is 3.05. The van der Waals surface area contributed by atoms with Crippen molar-refractivity contribution in [2.75, 3.05) is 4.72 Å². The Bertz CT molecular complexity index is 977. The van der Waals surface area contributed by atoms with Gasteiger partial charge in [0.15, 0.2) is 0 Å². The minimum absolute atomic E-state index is 0.129. The molecule has 0 atom stereocenters. The molecule has 6 heteroatoms. The molecule has 1 fully saturated rings. The average molecular weight is 401 g/mol. The highest BCUT2D eigenvalue weighted by molar-refractivity contribution is 7.92. The molecule has 3 rings (SSSR count). The molecule has 2 aromatic carbocycles. The zero-order chi connectivity index (χ0) is 20.3. The number of carbonyl (C=O) groups excluding carboxylic acids is 1. The Hall–Kier alpha value is -2.34. The van der Waals surface area contributed by atoms with E-state index in [0.29, 0.717) is 16.8 Å². The quantitative estimate of drug-likeness (QED) is 0.777. The summed E-state index contributed by atoms with van der Waals surface area (Å²) >= 11 is 0. The summed E-state index contributed by atoms with van der Waals surface area (Å²) in [7, 11) is -3.80. The molecule has 0 radical (unpaired) electrons. The molecule has 28 heavy (non-hydrogen) atoms. The Balaban J connectivity index is 1.85. The molecule has 2 N–H and O–H groups in total. The van der Waals surface area contributed by atoms with Crippen LogP contribution < -0.4 is 10.0 Å². The molecular formula is C22H28N2O3S. The van der Waals surface area contributed by atoms with Gasteiger partial charge in [0, 0.05) is 11.6 Å². The zero-order valence-corrected chi connectivity index (χ0v) is 17.5. The van der Waals surface area contributed by atoms with Crippen LogP contribution in [0.15, 0.2) is 41.3 Å². The second kappa shape index (κ2) is 8.35. The molecule has 2 aromatic rings. The van der Waals surface area contributed by atoms with Crippen LogP contribution in [0.25, 0.3) is 0 Å². The van der Waals surface area contributed by atoms with Crippen molar-refractivity contribution in [3.63, 3.8) is 0 Å². The molecule has 150 valence electrons. The number of sulfonamides is 1. The molecule has 1 saturated carbocycles. The number of carbonyl (C=O) groups is 1. The van der Waals surface area contributed by atoms with Crippen LogP contribution in [0.3, 0.4) is 0 Å². The van der Waals surface area contributed by atoms with Crippen LogP contribution in [-0.4, -0.2) is 20.4 Å². The zero-order valence-electron chi connectivity index (χ0n) is 16.7. The van der Waals surface area contributed by atoms with Crippen LogP contribution in [-0.2, 0) is 10.0 Å². The summed E-state index contributed by atoms with van der Waals surface area (Å²) in [6, 6.07) is 10.7. The number of hydrogen-bond acceptors (Lipinski definition) is 3. The highest BCUT2D eigenvalue weighted by Crippen LogP contribution is 2.24. The van der Waals surface area contributed by atoms with E-state index in [1.807, 2.05) is 32.0 Å². The first-order valence-corrected chi connectivity index (χ1v) is 11.3. The Morgan fingerprint density at radius 1 is 0.929 bits per heavy atom. The lowest BCUT2D eigenvalue weighted by molar-refractivity contribution is 0.0927. The van der Waals surface area contributed by atoms with Crippen LogP contribution in [0, 0.1) is 20.8 Å². The Morgan fingerprint density at radius 2 is 1.61 bits per heavy atom. The lowest BCUT2D eigenvalue weighted by Crippen LogP contribution is -2.36. The van der Waals surface area contributed by atoms with Crippen LogP contribution in [0.1, 0.15) is 59.2 Å². The van der Waals surface area contributed by atoms with Crippen molar-refractivity contribution in [3.8, 4) is 0 Å². The van der Waals surface area contributed by atoms with E-state index in [1.165, 1.54) is 12.5 Å². The Kier molecular flexibility index (Phi) is 6.08. The summed E-state index contributed by atoms with van der Waals surface area (Å²) in [6.45, 7) is 5.51. The molecule has 0 heterocycles. The minimum atomic E-state index is -3.80. The number of anilines is 1. The second-order valence-electron chi connectivity index (χ2n) is 7.71. The van der Waals surface area contributed by atoms with Crippen molar-refractivity contribution in [1.29, 1.82) is 0 Å². The lowest BCUT2D eigenvalue weighted by atomic mass is 9.95. The molecular weight excluding hydrogens is 372 g/mol. The van der Waals surface area contributed by atoms with Gasteiger partial charge in [-0.05, 0) is 68.5 Å². The summed E-state index contributed by atoms with van der Waals surface area (Å²) in [5.41, 5.74) is 3.35. The van der Waals surface area contributed by atoms with E-state index in [1.54, 1.807) is 19.1 Å². The first kappa shape index (κ1) is 20.4. The summed E-state index contributed by atoms with van der Waals surface area (Å²) in [4.78, 5) is 12.8. The van der Waals surface area contributed by atoms with Gasteiger partial charge in [0.25, 0.3) is 15.9 Å². The minimum Gasteiger partial charge on any atom is -0.349 e. The van der Waals surface area contributed by atoms with Crippen LogP contribution >= 0.6 is 0 Å². The molecule has 0 bridgehead atoms. The third kappa shape index (κ3) is 4.73. The van der Waals surface area contributed by atoms with Gasteiger partial charge in [-0.2, -0.15) is 0 Å². The van der Waals surface area contributed by atoms with E-state index < -0.39 is 10.0 Å². The molecule has 0 aromatic heterocycles. The third-order valence-electron chi connectivity index (χ3n) is 5.32. The van der Waals surface area contributed by atoms with Crippen molar-refractivity contribution in [1.82, 2.24) is 5.32 Å². The molecule has 0 aliphatic heterocycles. The number of hydrogen-bond donors (Lipinski definition) is 2. The van der Waals surface area contributed by atoms with Crippen molar-refractivity contribution < 1.29 is 13.2 Å². The highest BCUT2D eigenvalue weighted by Gasteiger charge is 2.22. The van der Waals surface area contributed by atoms with E-state index >= 15 is 0 Å². The monoisotopic (exact) mass is 400 g/mol. The molecule has 0 spiro atoms. The fraction of sp³-hybridized carbons (Fsp3) is 0.409. The molecule has 0 unspecified atom stereocenters. The van der Waals surface area contributed by atoms with Crippen molar-refractivity contribution in [2.45, 2.75) is 63.8 Å². The van der Waals surface area contributed by atoms with Crippen molar-refractivity contribution in [3.05, 3.63) is 58.7 Å². The number of amides is 1. The lowest BCUT2D eigenvalue weighted by Gasteiger charge is -2.23. The maximum absolute atomic E-state index is 13.0. The van der Waals surface area contributed by atoms with Gasteiger partial charge in [-0.25, -0.2) is 8.42 Å². The van der Waals surface area contributed by atoms with Gasteiger partial charge in [-0.15, -0.1) is 0 Å². The van der Waals surface area contributed by atoms with E-state index in [2.05, 4.69) is 10.0 Å². The second-order valence-corrected chi connectivity index (χ2v) is 9.36. The van der Waals surface area contributed by atoms with Crippen LogP contribution in [0.5, 0.6) is 0 Å². The number of rotatable bonds is 5. The van der Waals surface area contributed by atoms with Crippen molar-refractivity contribution in [2.24, 2.45) is 0 Å². The van der Waals surface area contributed by atoms with Gasteiger partial charge in [-0.3, -0.25) is 9.52 Å². The molecule has 1 amide bonds. The van der Waals surface area contributed by atoms with Gasteiger partial charge in [0.05, 0.1) is 10.6 Å². The fourth-order valence-corrected chi connectivity index (χ4v) is 4.99. The average Bonchev–Trinajstić information content (AvgIpc) is 2.65. The van der Waals surface area contributed by atoms with Crippen molar-refractivity contribution >= 4 is 21.6 Å². The van der Waals surface area contributed by atoms with Crippen LogP contribution in [0.4, 0.5) is 5.69 Å². The topological polar surface area (TPSA) is 75.3 Å². The third-order valence-corrected chi connectivity index (χ3v) is 6.83. The number of benzene rings is 2. The predicted molar refractivity (Wildman–Crippen MR) is 112 cm³/mol. The molecule has 1 aliphatic rings. The Morgan fingerprint density at radius 3 is 2.32 bits per heavy atom. The molecule has 1 aliphatic carbocycles. The Labute approximate surface area is 167 Å². The number of nitrogens with one attached hydrogen (secondary N) is 2. The van der Waals surface area contributed by atoms with Gasteiger partial charge < -0.3 is 5.32 Å². The standard InChI is InChI=1S/C22H28N2O3S/c1-15-9-10-16(2)20(13-15)24-28(26,27)21-14-18(12-11-17(21)3)22(25)23-19-7-5-4-6-8-19/h9-14,19,24H,4-8H2,1-3H3,(H,23,25). The summed E-state index contributed by atoms with van der Waals surface area (Å²) in [6.07, 6.45) is 5.42. The van der Waals surface area contributed by atoms with E-state index in [4.69, 9.17) is 0 Å². The fourth-order valence-electron chi connectivity index (χ4n) is 3.59. The van der Waals surface area contributed by atoms with E-state index in [9.17, 15) is 13.2 Å². The van der Waals surface area contributed by atoms with Gasteiger partial charge in [0.2, 0.25) is 0 Å². The highest BCUT2D eigenvalue weighted by atomic mass is 32.2. The van der Waals surface area contributed by atoms with Gasteiger partial charge >= 0.3 is 0 Å². The van der Waals surface area contributed by atoms with Crippen LogP contribution in [0.2, 0.25) is 0 Å². The normalized spacial score (nSPS) is 15.2. The largest absolute Gasteiger partial charge is 0.349 e. The first-order chi connectivity index (χ1) is 13.3. The smallest absolute Gasteiger partial charge is 0.262 e. The molecule has 5 nitrogen and oxygen atoms in total. The maximum Gasteiger partial charge on any atom is 0.262 e. The maximum atomic E-state index is 13.0. The van der Waals surface area contributed by atoms with E-state index in [0.717, 1.165) is 36.8 Å². The predicted octanol–water partition coefficient (Wildman–Crippen LogP) is 4.48. The number of aryl methyl sites for hydroxylation is 3. The summed E-state index contributed by atoms with van der Waals surface area (Å²) in [5.74, 6) is -0.213. The van der Waals surface area contributed by atoms with E-state index in [-0.39, 0.29) is 16.8 Å². The van der Waals surface area contributed by atoms with Gasteiger partial charge in [0.1, 0.15) is 0 Å². The van der Waals surface area contributed by atoms with Gasteiger partial charge in [-0.1, -0.05) is 37.5 Å². The summed E-state index contributed by atoms with van der Waals surface area (Å²) < 4.78 is 28.7. The first-order valence-electron chi connectivity index (χ1n) is 9.78. The molecule has 0 saturated heterocycles.